The highest BCUT2D eigenvalue weighted by molar-refractivity contribution is 5.71. The average Bonchev–Trinajstić information content (AvgIpc) is 3.31. The lowest BCUT2D eigenvalue weighted by atomic mass is 10.0. The van der Waals surface area contributed by atoms with E-state index in [4.69, 9.17) is 14.2 Å². The fourth-order valence-electron chi connectivity index (χ4n) is 9.58. The summed E-state index contributed by atoms with van der Waals surface area (Å²) in [6.07, 6.45) is 59.6. The van der Waals surface area contributed by atoms with Crippen LogP contribution in [-0.2, 0) is 28.6 Å². The predicted molar refractivity (Wildman–Crippen MR) is 293 cm³/mol. The molecule has 0 aromatic heterocycles. The van der Waals surface area contributed by atoms with Crippen LogP contribution in [0.25, 0.3) is 0 Å². The second-order valence-corrected chi connectivity index (χ2v) is 22.3. The van der Waals surface area contributed by atoms with Crippen molar-refractivity contribution in [2.75, 3.05) is 13.2 Å². The predicted octanol–water partition coefficient (Wildman–Crippen LogP) is 20.4. The number of rotatable bonds is 56. The molecule has 68 heavy (non-hydrogen) atoms. The van der Waals surface area contributed by atoms with E-state index in [1.165, 1.54) is 238 Å². The van der Waals surface area contributed by atoms with Gasteiger partial charge < -0.3 is 14.2 Å². The van der Waals surface area contributed by atoms with Crippen molar-refractivity contribution in [1.82, 2.24) is 0 Å². The highest BCUT2D eigenvalue weighted by Crippen LogP contribution is 2.19. The van der Waals surface area contributed by atoms with E-state index in [-0.39, 0.29) is 31.1 Å². The van der Waals surface area contributed by atoms with Crippen molar-refractivity contribution in [3.8, 4) is 0 Å². The maximum absolute atomic E-state index is 12.9. The van der Waals surface area contributed by atoms with Crippen molar-refractivity contribution in [2.45, 2.75) is 355 Å². The second kappa shape index (κ2) is 54.7. The van der Waals surface area contributed by atoms with E-state index in [0.717, 1.165) is 69.6 Å². The minimum atomic E-state index is -0.763. The Morgan fingerprint density at radius 3 is 0.721 bits per heavy atom. The molecule has 6 nitrogen and oxygen atoms in total. The summed E-state index contributed by atoms with van der Waals surface area (Å²) < 4.78 is 16.9. The van der Waals surface area contributed by atoms with E-state index in [9.17, 15) is 14.4 Å². The normalized spacial score (nSPS) is 12.0. The topological polar surface area (TPSA) is 78.9 Å². The molecule has 0 amide bonds. The number of hydrogen-bond donors (Lipinski definition) is 0. The molecule has 0 heterocycles. The maximum Gasteiger partial charge on any atom is 0.306 e. The molecule has 0 aliphatic carbocycles. The van der Waals surface area contributed by atoms with Crippen LogP contribution >= 0.6 is 0 Å². The van der Waals surface area contributed by atoms with Crippen LogP contribution in [0.2, 0.25) is 0 Å². The average molecular weight is 962 g/mol. The van der Waals surface area contributed by atoms with Crippen molar-refractivity contribution in [2.24, 2.45) is 11.8 Å². The van der Waals surface area contributed by atoms with Gasteiger partial charge in [-0.2, -0.15) is 0 Å². The Morgan fingerprint density at radius 2 is 0.485 bits per heavy atom. The van der Waals surface area contributed by atoms with Crippen molar-refractivity contribution < 1.29 is 28.6 Å². The Bertz CT molecular complexity index is 1040. The summed E-state index contributed by atoms with van der Waals surface area (Å²) in [5.41, 5.74) is 0. The first-order valence-electron chi connectivity index (χ1n) is 30.7. The number of carbonyl (C=O) groups excluding carboxylic acids is 3. The van der Waals surface area contributed by atoms with Gasteiger partial charge in [-0.05, 0) is 31.1 Å². The maximum atomic E-state index is 12.9. The first-order chi connectivity index (χ1) is 33.2. The third-order valence-corrected chi connectivity index (χ3v) is 14.2. The molecule has 0 aromatic carbocycles. The lowest BCUT2D eigenvalue weighted by Crippen LogP contribution is -2.30. The molecule has 0 fully saturated rings. The van der Waals surface area contributed by atoms with Gasteiger partial charge in [0.15, 0.2) is 6.10 Å². The Hall–Kier alpha value is -1.59. The lowest BCUT2D eigenvalue weighted by molar-refractivity contribution is -0.167. The van der Waals surface area contributed by atoms with Gasteiger partial charge in [-0.3, -0.25) is 14.4 Å². The van der Waals surface area contributed by atoms with E-state index in [1.54, 1.807) is 0 Å². The first kappa shape index (κ1) is 66.4. The van der Waals surface area contributed by atoms with Crippen molar-refractivity contribution in [3.63, 3.8) is 0 Å². The van der Waals surface area contributed by atoms with Gasteiger partial charge in [-0.1, -0.05) is 311 Å². The smallest absolute Gasteiger partial charge is 0.306 e. The van der Waals surface area contributed by atoms with E-state index in [1.807, 2.05) is 0 Å². The summed E-state index contributed by atoms with van der Waals surface area (Å²) in [5, 5.41) is 0. The highest BCUT2D eigenvalue weighted by atomic mass is 16.6. The molecule has 6 heteroatoms. The van der Waals surface area contributed by atoms with Gasteiger partial charge in [0.25, 0.3) is 0 Å². The van der Waals surface area contributed by atoms with Crippen LogP contribution in [0, 0.1) is 11.8 Å². The van der Waals surface area contributed by atoms with E-state index >= 15 is 0 Å². The summed E-state index contributed by atoms with van der Waals surface area (Å²) in [5.74, 6) is 0.839. The molecule has 0 saturated heterocycles. The summed E-state index contributed by atoms with van der Waals surface area (Å²) >= 11 is 0. The molecule has 0 unspecified atom stereocenters. The van der Waals surface area contributed by atoms with Crippen LogP contribution in [-0.4, -0.2) is 37.2 Å². The lowest BCUT2D eigenvalue weighted by Gasteiger charge is -2.18. The molecule has 0 aliphatic heterocycles. The molecule has 0 aromatic rings. The highest BCUT2D eigenvalue weighted by Gasteiger charge is 2.19. The molecular formula is C62H120O6. The Kier molecular flexibility index (Phi) is 53.5. The standard InChI is InChI=1S/C62H120O6/c1-6-7-8-9-10-11-12-13-14-15-16-19-22-27-32-37-42-47-52-60(63)66-55-59(68-62(65)54-49-44-39-34-29-24-26-31-36-41-46-51-58(4)5)56-67-61(64)53-48-43-38-33-28-23-20-17-18-21-25-30-35-40-45-50-57(2)3/h57-59H,6-56H2,1-5H3/t59-/m1/s1. The molecule has 0 saturated carbocycles. The number of hydrogen-bond acceptors (Lipinski definition) is 6. The van der Waals surface area contributed by atoms with Gasteiger partial charge in [0, 0.05) is 19.3 Å². The summed E-state index contributed by atoms with van der Waals surface area (Å²) in [6, 6.07) is 0. The quantitative estimate of drug-likeness (QED) is 0.0343. The van der Waals surface area contributed by atoms with Crippen LogP contribution in [0.4, 0.5) is 0 Å². The van der Waals surface area contributed by atoms with Gasteiger partial charge in [-0.15, -0.1) is 0 Å². The number of esters is 3. The van der Waals surface area contributed by atoms with Crippen LogP contribution in [0.3, 0.4) is 0 Å². The van der Waals surface area contributed by atoms with Crippen LogP contribution in [0.1, 0.15) is 349 Å². The molecule has 0 rings (SSSR count). The monoisotopic (exact) mass is 961 g/mol. The fourth-order valence-corrected chi connectivity index (χ4v) is 9.58. The van der Waals surface area contributed by atoms with Crippen LogP contribution in [0.15, 0.2) is 0 Å². The van der Waals surface area contributed by atoms with E-state index in [0.29, 0.717) is 19.3 Å². The summed E-state index contributed by atoms with van der Waals surface area (Å²) in [6.45, 7) is 11.4. The fraction of sp³-hybridized carbons (Fsp3) is 0.952. The van der Waals surface area contributed by atoms with Crippen LogP contribution in [0.5, 0.6) is 0 Å². The Morgan fingerprint density at radius 1 is 0.279 bits per heavy atom. The van der Waals surface area contributed by atoms with Gasteiger partial charge >= 0.3 is 17.9 Å². The van der Waals surface area contributed by atoms with Gasteiger partial charge in [0.2, 0.25) is 0 Å². The molecular weight excluding hydrogens is 841 g/mol. The molecule has 404 valence electrons. The largest absolute Gasteiger partial charge is 0.462 e. The first-order valence-corrected chi connectivity index (χ1v) is 30.7. The summed E-state index contributed by atoms with van der Waals surface area (Å²) in [4.78, 5) is 38.2. The molecule has 0 radical (unpaired) electrons. The van der Waals surface area contributed by atoms with Gasteiger partial charge in [-0.25, -0.2) is 0 Å². The van der Waals surface area contributed by atoms with Crippen molar-refractivity contribution in [3.05, 3.63) is 0 Å². The van der Waals surface area contributed by atoms with Crippen molar-refractivity contribution >= 4 is 17.9 Å². The second-order valence-electron chi connectivity index (χ2n) is 22.3. The molecule has 0 bridgehead atoms. The zero-order valence-corrected chi connectivity index (χ0v) is 46.7. The van der Waals surface area contributed by atoms with E-state index in [2.05, 4.69) is 34.6 Å². The number of unbranched alkanes of at least 4 members (excludes halogenated alkanes) is 41. The number of carbonyl (C=O) groups is 3. The zero-order valence-electron chi connectivity index (χ0n) is 46.7. The van der Waals surface area contributed by atoms with Crippen molar-refractivity contribution in [1.29, 1.82) is 0 Å². The molecule has 0 spiro atoms. The Labute approximate surface area is 425 Å². The van der Waals surface area contributed by atoms with Gasteiger partial charge in [0.1, 0.15) is 13.2 Å². The molecule has 0 aliphatic rings. The number of ether oxygens (including phenoxy) is 3. The minimum absolute atomic E-state index is 0.0623. The third-order valence-electron chi connectivity index (χ3n) is 14.2. The van der Waals surface area contributed by atoms with Crippen LogP contribution < -0.4 is 0 Å². The SMILES string of the molecule is CCCCCCCCCCCCCCCCCCCCC(=O)OC[C@H](COC(=O)CCCCCCCCCCCCCCCCCC(C)C)OC(=O)CCCCCCCCCCCCCC(C)C. The molecule has 1 atom stereocenters. The Balaban J connectivity index is 4.27. The third kappa shape index (κ3) is 55.3. The van der Waals surface area contributed by atoms with E-state index < -0.39 is 6.10 Å². The minimum Gasteiger partial charge on any atom is -0.462 e. The summed E-state index contributed by atoms with van der Waals surface area (Å²) in [7, 11) is 0. The van der Waals surface area contributed by atoms with Gasteiger partial charge in [0.05, 0.1) is 0 Å². The zero-order chi connectivity index (χ0) is 49.6. The molecule has 0 N–H and O–H groups in total.